The third-order valence-electron chi connectivity index (χ3n) is 2.73. The molecular weight excluding hydrogens is 252 g/mol. The molecule has 0 radical (unpaired) electrons. The highest BCUT2D eigenvalue weighted by atomic mass is 16.2. The highest BCUT2D eigenvalue weighted by molar-refractivity contribution is 5.89. The third-order valence-corrected chi connectivity index (χ3v) is 2.73. The number of urea groups is 1. The van der Waals surface area contributed by atoms with Gasteiger partial charge in [-0.25, -0.2) is 4.79 Å². The van der Waals surface area contributed by atoms with Crippen molar-refractivity contribution < 1.29 is 4.79 Å². The zero-order valence-electron chi connectivity index (χ0n) is 12.0. The lowest BCUT2D eigenvalue weighted by Crippen LogP contribution is -2.35. The molecule has 1 aromatic carbocycles. The first-order chi connectivity index (χ1) is 9.44. The van der Waals surface area contributed by atoms with E-state index in [9.17, 15) is 4.79 Å². The van der Waals surface area contributed by atoms with Gasteiger partial charge >= 0.3 is 6.03 Å². The summed E-state index contributed by atoms with van der Waals surface area (Å²) in [6.45, 7) is 6.86. The van der Waals surface area contributed by atoms with Gasteiger partial charge in [-0.15, -0.1) is 0 Å². The van der Waals surface area contributed by atoms with Crippen LogP contribution in [-0.4, -0.2) is 22.8 Å². The van der Waals surface area contributed by atoms with Crippen LogP contribution in [0.25, 0.3) is 11.3 Å². The molecule has 2 amide bonds. The lowest BCUT2D eigenvalue weighted by atomic mass is 9.97. The number of nitrogens with zero attached hydrogens (tertiary/aromatic N) is 1. The molecule has 0 aliphatic rings. The Bertz CT molecular complexity index is 553. The summed E-state index contributed by atoms with van der Waals surface area (Å²) < 4.78 is 0. The Morgan fingerprint density at radius 1 is 1.20 bits per heavy atom. The van der Waals surface area contributed by atoms with E-state index in [0.29, 0.717) is 6.54 Å². The average Bonchev–Trinajstić information content (AvgIpc) is 2.90. The van der Waals surface area contributed by atoms with Crippen molar-refractivity contribution in [3.05, 3.63) is 36.5 Å². The standard InChI is InChI=1S/C15H20N4O/c1-15(2,3)10-16-14(20)18-12-6-4-11(5-7-12)13-8-9-17-19-13/h4-9H,10H2,1-3H3,(H,17,19)(H2,16,18,20). The number of hydrogen-bond acceptors (Lipinski definition) is 2. The molecule has 5 heteroatoms. The molecule has 0 saturated carbocycles. The second-order valence-corrected chi connectivity index (χ2v) is 5.92. The third kappa shape index (κ3) is 4.12. The number of aromatic amines is 1. The number of benzene rings is 1. The summed E-state index contributed by atoms with van der Waals surface area (Å²) in [7, 11) is 0. The lowest BCUT2D eigenvalue weighted by Gasteiger charge is -2.18. The van der Waals surface area contributed by atoms with E-state index in [1.54, 1.807) is 6.20 Å². The van der Waals surface area contributed by atoms with Crippen LogP contribution in [0.1, 0.15) is 20.8 Å². The topological polar surface area (TPSA) is 69.8 Å². The fourth-order valence-electron chi connectivity index (χ4n) is 1.67. The first-order valence-electron chi connectivity index (χ1n) is 6.59. The van der Waals surface area contributed by atoms with Crippen molar-refractivity contribution in [2.75, 3.05) is 11.9 Å². The van der Waals surface area contributed by atoms with Crippen molar-refractivity contribution in [3.8, 4) is 11.3 Å². The number of H-pyrrole nitrogens is 1. The summed E-state index contributed by atoms with van der Waals surface area (Å²) in [5, 5.41) is 12.5. The highest BCUT2D eigenvalue weighted by Gasteiger charge is 2.11. The Morgan fingerprint density at radius 3 is 2.45 bits per heavy atom. The van der Waals surface area contributed by atoms with Gasteiger partial charge in [-0.3, -0.25) is 5.10 Å². The van der Waals surface area contributed by atoms with Gasteiger partial charge in [-0.1, -0.05) is 32.9 Å². The molecule has 3 N–H and O–H groups in total. The molecule has 0 spiro atoms. The molecule has 0 aliphatic heterocycles. The molecule has 0 atom stereocenters. The number of carbonyl (C=O) groups is 1. The van der Waals surface area contributed by atoms with E-state index in [1.165, 1.54) is 0 Å². The SMILES string of the molecule is CC(C)(C)CNC(=O)Nc1ccc(-c2ccn[nH]2)cc1. The molecule has 0 saturated heterocycles. The van der Waals surface area contributed by atoms with Crippen LogP contribution in [-0.2, 0) is 0 Å². The second kappa shape index (κ2) is 5.77. The minimum absolute atomic E-state index is 0.0712. The summed E-state index contributed by atoms with van der Waals surface area (Å²) in [6.07, 6.45) is 1.71. The molecule has 20 heavy (non-hydrogen) atoms. The molecule has 0 unspecified atom stereocenters. The normalized spacial score (nSPS) is 11.2. The van der Waals surface area contributed by atoms with Gasteiger partial charge in [0.25, 0.3) is 0 Å². The van der Waals surface area contributed by atoms with Gasteiger partial charge in [0.1, 0.15) is 0 Å². The molecular formula is C15H20N4O. The number of rotatable bonds is 3. The van der Waals surface area contributed by atoms with Crippen LogP contribution >= 0.6 is 0 Å². The van der Waals surface area contributed by atoms with Crippen molar-refractivity contribution in [1.29, 1.82) is 0 Å². The van der Waals surface area contributed by atoms with Crippen LogP contribution in [0.4, 0.5) is 10.5 Å². The van der Waals surface area contributed by atoms with E-state index in [-0.39, 0.29) is 11.4 Å². The van der Waals surface area contributed by atoms with Gasteiger partial charge in [0.05, 0.1) is 5.69 Å². The molecule has 1 aromatic heterocycles. The van der Waals surface area contributed by atoms with Gasteiger partial charge in [-0.2, -0.15) is 5.10 Å². The minimum Gasteiger partial charge on any atom is -0.337 e. The Labute approximate surface area is 118 Å². The van der Waals surface area contributed by atoms with Gasteiger partial charge in [0.2, 0.25) is 0 Å². The predicted octanol–water partition coefficient (Wildman–Crippen LogP) is 3.24. The zero-order valence-corrected chi connectivity index (χ0v) is 12.0. The minimum atomic E-state index is -0.186. The molecule has 0 aliphatic carbocycles. The van der Waals surface area contributed by atoms with E-state index in [0.717, 1.165) is 16.9 Å². The smallest absolute Gasteiger partial charge is 0.319 e. The van der Waals surface area contributed by atoms with E-state index in [1.807, 2.05) is 30.3 Å². The molecule has 1 heterocycles. The number of nitrogens with one attached hydrogen (secondary N) is 3. The fraction of sp³-hybridized carbons (Fsp3) is 0.333. The van der Waals surface area contributed by atoms with E-state index in [4.69, 9.17) is 0 Å². The number of carbonyl (C=O) groups excluding carboxylic acids is 1. The summed E-state index contributed by atoms with van der Waals surface area (Å²) in [5.74, 6) is 0. The van der Waals surface area contributed by atoms with Gasteiger partial charge < -0.3 is 10.6 Å². The van der Waals surface area contributed by atoms with Gasteiger partial charge in [0, 0.05) is 18.4 Å². The fourth-order valence-corrected chi connectivity index (χ4v) is 1.67. The molecule has 106 valence electrons. The summed E-state index contributed by atoms with van der Waals surface area (Å²) in [5.41, 5.74) is 2.82. The lowest BCUT2D eigenvalue weighted by molar-refractivity contribution is 0.247. The maximum absolute atomic E-state index is 11.7. The molecule has 0 fully saturated rings. The first-order valence-corrected chi connectivity index (χ1v) is 6.59. The van der Waals surface area contributed by atoms with Crippen molar-refractivity contribution >= 4 is 11.7 Å². The Balaban J connectivity index is 1.92. The van der Waals surface area contributed by atoms with Crippen LogP contribution < -0.4 is 10.6 Å². The van der Waals surface area contributed by atoms with Gasteiger partial charge in [-0.05, 0) is 29.2 Å². The maximum atomic E-state index is 11.7. The summed E-state index contributed by atoms with van der Waals surface area (Å²) in [6, 6.07) is 9.33. The van der Waals surface area contributed by atoms with Crippen molar-refractivity contribution in [1.82, 2.24) is 15.5 Å². The second-order valence-electron chi connectivity index (χ2n) is 5.92. The van der Waals surface area contributed by atoms with Crippen molar-refractivity contribution in [3.63, 3.8) is 0 Å². The molecule has 0 bridgehead atoms. The largest absolute Gasteiger partial charge is 0.337 e. The molecule has 2 rings (SSSR count). The quantitative estimate of drug-likeness (QED) is 0.802. The summed E-state index contributed by atoms with van der Waals surface area (Å²) in [4.78, 5) is 11.7. The van der Waals surface area contributed by atoms with Crippen LogP contribution in [0.2, 0.25) is 0 Å². The Hall–Kier alpha value is -2.30. The zero-order chi connectivity index (χ0) is 14.6. The first kappa shape index (κ1) is 14.1. The van der Waals surface area contributed by atoms with Crippen molar-refractivity contribution in [2.24, 2.45) is 5.41 Å². The maximum Gasteiger partial charge on any atom is 0.319 e. The van der Waals surface area contributed by atoms with Gasteiger partial charge in [0.15, 0.2) is 0 Å². The van der Waals surface area contributed by atoms with Crippen molar-refractivity contribution in [2.45, 2.75) is 20.8 Å². The summed E-state index contributed by atoms with van der Waals surface area (Å²) >= 11 is 0. The van der Waals surface area contributed by atoms with E-state index < -0.39 is 0 Å². The molecule has 5 nitrogen and oxygen atoms in total. The van der Waals surface area contributed by atoms with Crippen LogP contribution in [0.3, 0.4) is 0 Å². The number of anilines is 1. The average molecular weight is 272 g/mol. The van der Waals surface area contributed by atoms with E-state index in [2.05, 4.69) is 41.6 Å². The van der Waals surface area contributed by atoms with E-state index >= 15 is 0 Å². The molecule has 2 aromatic rings. The monoisotopic (exact) mass is 272 g/mol. The predicted molar refractivity (Wildman–Crippen MR) is 80.5 cm³/mol. The number of amides is 2. The Kier molecular flexibility index (Phi) is 4.08. The number of hydrogen-bond donors (Lipinski definition) is 3. The highest BCUT2D eigenvalue weighted by Crippen LogP contribution is 2.18. The van der Waals surface area contributed by atoms with Crippen LogP contribution in [0, 0.1) is 5.41 Å². The van der Waals surface area contributed by atoms with Crippen LogP contribution in [0.15, 0.2) is 36.5 Å². The number of aromatic nitrogens is 2. The van der Waals surface area contributed by atoms with Crippen LogP contribution in [0.5, 0.6) is 0 Å². The Morgan fingerprint density at radius 2 is 1.90 bits per heavy atom.